The first kappa shape index (κ1) is 15.0. The first-order chi connectivity index (χ1) is 11.7. The van der Waals surface area contributed by atoms with Gasteiger partial charge in [0, 0.05) is 11.4 Å². The van der Waals surface area contributed by atoms with Gasteiger partial charge in [0.25, 0.3) is 11.5 Å². The number of H-pyrrole nitrogens is 1. The molecule has 0 radical (unpaired) electrons. The molecule has 1 aliphatic rings. The molecule has 1 saturated heterocycles. The van der Waals surface area contributed by atoms with Gasteiger partial charge in [0.15, 0.2) is 0 Å². The maximum absolute atomic E-state index is 12.9. The number of carbonyl (C=O) groups excluding carboxylic acids is 1. The SMILES string of the molecule is O=C(c1ccc(-c2ccco2)[nH]c1=O)N1CCC[C@@H]1c1cccs1. The van der Waals surface area contributed by atoms with E-state index in [1.165, 1.54) is 4.88 Å². The van der Waals surface area contributed by atoms with E-state index in [0.29, 0.717) is 18.0 Å². The van der Waals surface area contributed by atoms with Crippen LogP contribution in [-0.2, 0) is 0 Å². The van der Waals surface area contributed by atoms with Crippen LogP contribution in [-0.4, -0.2) is 22.3 Å². The van der Waals surface area contributed by atoms with E-state index in [1.807, 2.05) is 22.4 Å². The number of pyridine rings is 1. The van der Waals surface area contributed by atoms with Crippen LogP contribution in [0.3, 0.4) is 0 Å². The zero-order valence-corrected chi connectivity index (χ0v) is 13.7. The predicted octanol–water partition coefficient (Wildman–Crippen LogP) is 3.67. The fraction of sp³-hybridized carbons (Fsp3) is 0.222. The highest BCUT2D eigenvalue weighted by Gasteiger charge is 2.32. The largest absolute Gasteiger partial charge is 0.463 e. The minimum Gasteiger partial charge on any atom is -0.463 e. The summed E-state index contributed by atoms with van der Waals surface area (Å²) >= 11 is 1.65. The number of hydrogen-bond acceptors (Lipinski definition) is 4. The van der Waals surface area contributed by atoms with Crippen molar-refractivity contribution >= 4 is 17.2 Å². The molecule has 24 heavy (non-hydrogen) atoms. The lowest BCUT2D eigenvalue weighted by molar-refractivity contribution is 0.0736. The van der Waals surface area contributed by atoms with Gasteiger partial charge in [-0.05, 0) is 48.6 Å². The van der Waals surface area contributed by atoms with Gasteiger partial charge in [0.2, 0.25) is 0 Å². The maximum atomic E-state index is 12.9. The van der Waals surface area contributed by atoms with E-state index >= 15 is 0 Å². The average molecular weight is 340 g/mol. The molecular weight excluding hydrogens is 324 g/mol. The molecule has 3 aromatic heterocycles. The van der Waals surface area contributed by atoms with Crippen molar-refractivity contribution in [3.05, 3.63) is 68.8 Å². The van der Waals surface area contributed by atoms with E-state index in [0.717, 1.165) is 12.8 Å². The van der Waals surface area contributed by atoms with Gasteiger partial charge < -0.3 is 14.3 Å². The molecule has 0 aromatic carbocycles. The smallest absolute Gasteiger partial charge is 0.261 e. The van der Waals surface area contributed by atoms with Gasteiger partial charge in [0.05, 0.1) is 18.0 Å². The number of nitrogens with zero attached hydrogens (tertiary/aromatic N) is 1. The number of aromatic nitrogens is 1. The maximum Gasteiger partial charge on any atom is 0.261 e. The third-order valence-corrected chi connectivity index (χ3v) is 5.29. The highest BCUT2D eigenvalue weighted by atomic mass is 32.1. The Hall–Kier alpha value is -2.60. The number of likely N-dealkylation sites (tertiary alicyclic amines) is 1. The Morgan fingerprint density at radius 2 is 2.17 bits per heavy atom. The summed E-state index contributed by atoms with van der Waals surface area (Å²) in [7, 11) is 0. The van der Waals surface area contributed by atoms with Crippen LogP contribution < -0.4 is 5.56 Å². The molecule has 1 N–H and O–H groups in total. The summed E-state index contributed by atoms with van der Waals surface area (Å²) in [5.41, 5.74) is 0.359. The predicted molar refractivity (Wildman–Crippen MR) is 92.1 cm³/mol. The van der Waals surface area contributed by atoms with Crippen molar-refractivity contribution in [1.29, 1.82) is 0 Å². The second kappa shape index (κ2) is 6.13. The van der Waals surface area contributed by atoms with Gasteiger partial charge in [-0.3, -0.25) is 9.59 Å². The van der Waals surface area contributed by atoms with E-state index in [-0.39, 0.29) is 23.1 Å². The molecule has 5 nitrogen and oxygen atoms in total. The van der Waals surface area contributed by atoms with Gasteiger partial charge in [0.1, 0.15) is 11.3 Å². The van der Waals surface area contributed by atoms with Crippen molar-refractivity contribution < 1.29 is 9.21 Å². The molecule has 0 bridgehead atoms. The number of amides is 1. The number of aromatic amines is 1. The standard InChI is InChI=1S/C18H16N2O3S/c21-17-12(7-8-13(19-17)15-5-2-10-23-15)18(22)20-9-1-4-14(20)16-6-3-11-24-16/h2-3,5-8,10-11,14H,1,4,9H2,(H,19,21)/t14-/m1/s1. The van der Waals surface area contributed by atoms with Gasteiger partial charge in [-0.25, -0.2) is 0 Å². The van der Waals surface area contributed by atoms with Crippen molar-refractivity contribution in [2.24, 2.45) is 0 Å². The molecule has 122 valence electrons. The molecule has 3 aromatic rings. The number of thiophene rings is 1. The monoisotopic (exact) mass is 340 g/mol. The van der Waals surface area contributed by atoms with E-state index in [9.17, 15) is 9.59 Å². The normalized spacial score (nSPS) is 17.3. The summed E-state index contributed by atoms with van der Waals surface area (Å²) in [6, 6.07) is 10.9. The van der Waals surface area contributed by atoms with E-state index in [4.69, 9.17) is 4.42 Å². The van der Waals surface area contributed by atoms with Gasteiger partial charge in [-0.1, -0.05) is 6.07 Å². The lowest BCUT2D eigenvalue weighted by Crippen LogP contribution is -2.34. The topological polar surface area (TPSA) is 66.3 Å². The molecular formula is C18H16N2O3S. The number of hydrogen-bond donors (Lipinski definition) is 1. The molecule has 1 fully saturated rings. The first-order valence-corrected chi connectivity index (χ1v) is 8.73. The Morgan fingerprint density at radius 1 is 1.25 bits per heavy atom. The summed E-state index contributed by atoms with van der Waals surface area (Å²) in [6.07, 6.45) is 3.44. The fourth-order valence-corrected chi connectivity index (χ4v) is 4.03. The van der Waals surface area contributed by atoms with Crippen molar-refractivity contribution in [1.82, 2.24) is 9.88 Å². The van der Waals surface area contributed by atoms with E-state index in [2.05, 4.69) is 4.98 Å². The quantitative estimate of drug-likeness (QED) is 0.791. The summed E-state index contributed by atoms with van der Waals surface area (Å²) in [5.74, 6) is 0.363. The van der Waals surface area contributed by atoms with Crippen LogP contribution in [0.4, 0.5) is 0 Å². The molecule has 1 atom stereocenters. The third-order valence-electron chi connectivity index (χ3n) is 4.31. The summed E-state index contributed by atoms with van der Waals surface area (Å²) < 4.78 is 5.28. The molecule has 4 rings (SSSR count). The summed E-state index contributed by atoms with van der Waals surface area (Å²) in [4.78, 5) is 31.0. The zero-order valence-electron chi connectivity index (χ0n) is 12.9. The minimum atomic E-state index is -0.384. The van der Waals surface area contributed by atoms with Crippen molar-refractivity contribution in [2.45, 2.75) is 18.9 Å². The number of carbonyl (C=O) groups is 1. The van der Waals surface area contributed by atoms with Crippen LogP contribution in [0.15, 0.2) is 57.3 Å². The fourth-order valence-electron chi connectivity index (χ4n) is 3.16. The van der Waals surface area contributed by atoms with Crippen LogP contribution in [0.5, 0.6) is 0 Å². The Labute approximate surface area is 142 Å². The van der Waals surface area contributed by atoms with Gasteiger partial charge in [-0.15, -0.1) is 11.3 Å². The number of nitrogens with one attached hydrogen (secondary N) is 1. The lowest BCUT2D eigenvalue weighted by Gasteiger charge is -2.23. The van der Waals surface area contributed by atoms with E-state index in [1.54, 1.807) is 41.9 Å². The number of furan rings is 1. The molecule has 4 heterocycles. The van der Waals surface area contributed by atoms with Crippen LogP contribution >= 0.6 is 11.3 Å². The molecule has 0 saturated carbocycles. The molecule has 0 aliphatic carbocycles. The average Bonchev–Trinajstić information content (AvgIpc) is 3.35. The van der Waals surface area contributed by atoms with E-state index < -0.39 is 0 Å². The molecule has 0 spiro atoms. The zero-order chi connectivity index (χ0) is 16.5. The Bertz CT molecular complexity index is 897. The van der Waals surface area contributed by atoms with Crippen LogP contribution in [0.2, 0.25) is 0 Å². The second-order valence-electron chi connectivity index (χ2n) is 5.76. The Kier molecular flexibility index (Phi) is 3.82. The second-order valence-corrected chi connectivity index (χ2v) is 6.74. The van der Waals surface area contributed by atoms with Crippen molar-refractivity contribution in [2.75, 3.05) is 6.54 Å². The third kappa shape index (κ3) is 2.59. The van der Waals surface area contributed by atoms with Crippen LogP contribution in [0, 0.1) is 0 Å². The molecule has 0 unspecified atom stereocenters. The highest BCUT2D eigenvalue weighted by Crippen LogP contribution is 2.35. The summed E-state index contributed by atoms with van der Waals surface area (Å²) in [6.45, 7) is 0.681. The Balaban J connectivity index is 1.64. The highest BCUT2D eigenvalue weighted by molar-refractivity contribution is 7.10. The lowest BCUT2D eigenvalue weighted by atomic mass is 10.1. The van der Waals surface area contributed by atoms with Gasteiger partial charge in [-0.2, -0.15) is 0 Å². The van der Waals surface area contributed by atoms with Crippen LogP contribution in [0.25, 0.3) is 11.5 Å². The number of rotatable bonds is 3. The summed E-state index contributed by atoms with van der Waals surface area (Å²) in [5, 5.41) is 2.02. The molecule has 1 aliphatic heterocycles. The van der Waals surface area contributed by atoms with Gasteiger partial charge >= 0.3 is 0 Å². The molecule has 1 amide bonds. The van der Waals surface area contributed by atoms with Crippen molar-refractivity contribution in [3.8, 4) is 11.5 Å². The minimum absolute atomic E-state index is 0.0710. The van der Waals surface area contributed by atoms with Crippen LogP contribution in [0.1, 0.15) is 34.1 Å². The Morgan fingerprint density at radius 3 is 2.88 bits per heavy atom. The molecule has 6 heteroatoms. The first-order valence-electron chi connectivity index (χ1n) is 7.85. The van der Waals surface area contributed by atoms with Crippen molar-refractivity contribution in [3.63, 3.8) is 0 Å².